The summed E-state index contributed by atoms with van der Waals surface area (Å²) in [6, 6.07) is 7.07. The van der Waals surface area contributed by atoms with Crippen molar-refractivity contribution in [2.24, 2.45) is 0 Å². The summed E-state index contributed by atoms with van der Waals surface area (Å²) in [4.78, 5) is 40.0. The molecule has 0 spiro atoms. The summed E-state index contributed by atoms with van der Waals surface area (Å²) in [5.74, 6) is -1.14. The summed E-state index contributed by atoms with van der Waals surface area (Å²) in [6.45, 7) is 0.214. The number of fused-ring (bicyclic) bond motifs is 1. The van der Waals surface area contributed by atoms with Gasteiger partial charge in [-0.25, -0.2) is 4.98 Å². The van der Waals surface area contributed by atoms with Crippen LogP contribution in [0.15, 0.2) is 35.4 Å². The molecular formula is C18H21N3O4. The molecule has 132 valence electrons. The molecule has 0 saturated heterocycles. The fourth-order valence-corrected chi connectivity index (χ4v) is 3.53. The van der Waals surface area contributed by atoms with Crippen LogP contribution < -0.4 is 10.9 Å². The van der Waals surface area contributed by atoms with Crippen LogP contribution in [0.3, 0.4) is 0 Å². The summed E-state index contributed by atoms with van der Waals surface area (Å²) in [5, 5.41) is 12.5. The zero-order valence-electron chi connectivity index (χ0n) is 13.9. The predicted octanol–water partition coefficient (Wildman–Crippen LogP) is 1.69. The van der Waals surface area contributed by atoms with Gasteiger partial charge in [0.25, 0.3) is 5.56 Å². The molecule has 1 amide bonds. The molecule has 2 N–H and O–H groups in total. The first-order valence-corrected chi connectivity index (χ1v) is 8.46. The van der Waals surface area contributed by atoms with Crippen molar-refractivity contribution in [1.29, 1.82) is 0 Å². The Morgan fingerprint density at radius 3 is 2.68 bits per heavy atom. The van der Waals surface area contributed by atoms with Crippen LogP contribution in [0.2, 0.25) is 0 Å². The van der Waals surface area contributed by atoms with Crippen molar-refractivity contribution < 1.29 is 14.7 Å². The van der Waals surface area contributed by atoms with Crippen LogP contribution >= 0.6 is 0 Å². The molecule has 0 aliphatic heterocycles. The maximum atomic E-state index is 12.4. The van der Waals surface area contributed by atoms with Crippen molar-refractivity contribution in [2.75, 3.05) is 0 Å². The molecule has 0 unspecified atom stereocenters. The zero-order valence-corrected chi connectivity index (χ0v) is 13.9. The Morgan fingerprint density at radius 1 is 1.24 bits per heavy atom. The monoisotopic (exact) mass is 343 g/mol. The van der Waals surface area contributed by atoms with Crippen molar-refractivity contribution in [3.05, 3.63) is 40.9 Å². The van der Waals surface area contributed by atoms with Gasteiger partial charge in [-0.15, -0.1) is 0 Å². The largest absolute Gasteiger partial charge is 0.481 e. The molecule has 0 atom stereocenters. The van der Waals surface area contributed by atoms with Gasteiger partial charge in [-0.2, -0.15) is 0 Å². The first-order valence-electron chi connectivity index (χ1n) is 8.46. The highest BCUT2D eigenvalue weighted by Crippen LogP contribution is 2.32. The lowest BCUT2D eigenvalue weighted by Crippen LogP contribution is -2.48. The SMILES string of the molecule is O=C(O)CC1(NC(=O)CCn2cnc3ccccc3c2=O)CCCC1. The van der Waals surface area contributed by atoms with Gasteiger partial charge >= 0.3 is 5.97 Å². The quantitative estimate of drug-likeness (QED) is 0.831. The van der Waals surface area contributed by atoms with Gasteiger partial charge in [-0.3, -0.25) is 19.0 Å². The minimum absolute atomic E-state index is 0.0593. The van der Waals surface area contributed by atoms with E-state index in [2.05, 4.69) is 10.3 Å². The number of carboxylic acids is 1. The Labute approximate surface area is 144 Å². The number of carboxylic acid groups (broad SMARTS) is 1. The third-order valence-electron chi connectivity index (χ3n) is 4.77. The van der Waals surface area contributed by atoms with Gasteiger partial charge in [-0.05, 0) is 25.0 Å². The maximum Gasteiger partial charge on any atom is 0.305 e. The van der Waals surface area contributed by atoms with Gasteiger partial charge < -0.3 is 10.4 Å². The number of hydrogen-bond acceptors (Lipinski definition) is 4. The lowest BCUT2D eigenvalue weighted by atomic mass is 9.93. The van der Waals surface area contributed by atoms with E-state index in [1.165, 1.54) is 10.9 Å². The topological polar surface area (TPSA) is 101 Å². The van der Waals surface area contributed by atoms with E-state index in [1.54, 1.807) is 18.2 Å². The summed E-state index contributed by atoms with van der Waals surface area (Å²) < 4.78 is 1.42. The molecule has 1 aromatic heterocycles. The third kappa shape index (κ3) is 3.87. The van der Waals surface area contributed by atoms with Gasteiger partial charge in [0.15, 0.2) is 0 Å². The minimum Gasteiger partial charge on any atom is -0.481 e. The molecule has 25 heavy (non-hydrogen) atoms. The van der Waals surface area contributed by atoms with Crippen LogP contribution in [-0.4, -0.2) is 32.1 Å². The van der Waals surface area contributed by atoms with Crippen LogP contribution in [0, 0.1) is 0 Å². The Bertz CT molecular complexity index is 853. The molecule has 0 radical (unpaired) electrons. The van der Waals surface area contributed by atoms with Crippen molar-refractivity contribution in [3.63, 3.8) is 0 Å². The van der Waals surface area contributed by atoms with Crippen LogP contribution in [0.4, 0.5) is 0 Å². The number of carbonyl (C=O) groups is 2. The second-order valence-corrected chi connectivity index (χ2v) is 6.62. The number of rotatable bonds is 6. The number of benzene rings is 1. The van der Waals surface area contributed by atoms with Gasteiger partial charge in [0.05, 0.1) is 29.2 Å². The first kappa shape index (κ1) is 17.1. The normalized spacial score (nSPS) is 16.0. The fourth-order valence-electron chi connectivity index (χ4n) is 3.53. The molecule has 1 saturated carbocycles. The molecule has 1 aliphatic carbocycles. The second-order valence-electron chi connectivity index (χ2n) is 6.62. The average molecular weight is 343 g/mol. The zero-order chi connectivity index (χ0) is 17.9. The molecule has 1 fully saturated rings. The van der Waals surface area contributed by atoms with E-state index in [9.17, 15) is 14.4 Å². The standard InChI is InChI=1S/C18H21N3O4/c22-15(20-18(11-16(23)24)8-3-4-9-18)7-10-21-12-19-14-6-2-1-5-13(14)17(21)25/h1-2,5-6,12H,3-4,7-11H2,(H,20,22)(H,23,24). The molecule has 0 bridgehead atoms. The van der Waals surface area contributed by atoms with Gasteiger partial charge in [-0.1, -0.05) is 25.0 Å². The number of carbonyl (C=O) groups excluding carboxylic acids is 1. The Morgan fingerprint density at radius 2 is 1.96 bits per heavy atom. The number of amides is 1. The molecule has 1 aromatic carbocycles. The number of hydrogen-bond donors (Lipinski definition) is 2. The van der Waals surface area contributed by atoms with E-state index in [0.29, 0.717) is 23.7 Å². The minimum atomic E-state index is -0.905. The average Bonchev–Trinajstić information content (AvgIpc) is 3.01. The number of aliphatic carboxylic acids is 1. The van der Waals surface area contributed by atoms with Crippen LogP contribution in [-0.2, 0) is 16.1 Å². The summed E-state index contributed by atoms with van der Waals surface area (Å²) in [6.07, 6.45) is 4.70. The van der Waals surface area contributed by atoms with Crippen LogP contribution in [0.25, 0.3) is 10.9 Å². The summed E-state index contributed by atoms with van der Waals surface area (Å²) in [5.41, 5.74) is -0.200. The van der Waals surface area contributed by atoms with Gasteiger partial charge in [0.2, 0.25) is 5.91 Å². The van der Waals surface area contributed by atoms with Crippen molar-refractivity contribution in [1.82, 2.24) is 14.9 Å². The lowest BCUT2D eigenvalue weighted by molar-refractivity contribution is -0.139. The molecule has 2 aromatic rings. The number of nitrogens with one attached hydrogen (secondary N) is 1. The highest BCUT2D eigenvalue weighted by Gasteiger charge is 2.37. The van der Waals surface area contributed by atoms with E-state index < -0.39 is 11.5 Å². The van der Waals surface area contributed by atoms with Crippen molar-refractivity contribution in [3.8, 4) is 0 Å². The maximum absolute atomic E-state index is 12.4. The molecular weight excluding hydrogens is 322 g/mol. The number of para-hydroxylation sites is 1. The first-order chi connectivity index (χ1) is 12.0. The predicted molar refractivity (Wildman–Crippen MR) is 92.2 cm³/mol. The highest BCUT2D eigenvalue weighted by atomic mass is 16.4. The van der Waals surface area contributed by atoms with E-state index >= 15 is 0 Å². The molecule has 1 heterocycles. The van der Waals surface area contributed by atoms with Crippen LogP contribution in [0.1, 0.15) is 38.5 Å². The Balaban J connectivity index is 1.67. The second kappa shape index (κ2) is 7.04. The van der Waals surface area contributed by atoms with E-state index in [1.807, 2.05) is 6.07 Å². The highest BCUT2D eigenvalue weighted by molar-refractivity contribution is 5.79. The smallest absolute Gasteiger partial charge is 0.305 e. The molecule has 7 heteroatoms. The van der Waals surface area contributed by atoms with E-state index in [4.69, 9.17) is 5.11 Å². The van der Waals surface area contributed by atoms with Crippen LogP contribution in [0.5, 0.6) is 0 Å². The third-order valence-corrected chi connectivity index (χ3v) is 4.77. The Hall–Kier alpha value is -2.70. The number of aryl methyl sites for hydroxylation is 1. The lowest BCUT2D eigenvalue weighted by Gasteiger charge is -2.28. The summed E-state index contributed by atoms with van der Waals surface area (Å²) >= 11 is 0. The Kier molecular flexibility index (Phi) is 4.83. The van der Waals surface area contributed by atoms with Crippen molar-refractivity contribution >= 4 is 22.8 Å². The van der Waals surface area contributed by atoms with E-state index in [0.717, 1.165) is 12.8 Å². The number of aromatic nitrogens is 2. The molecule has 1 aliphatic rings. The van der Waals surface area contributed by atoms with E-state index in [-0.39, 0.29) is 30.9 Å². The molecule has 3 rings (SSSR count). The number of nitrogens with zero attached hydrogens (tertiary/aromatic N) is 2. The van der Waals surface area contributed by atoms with Crippen molar-refractivity contribution in [2.45, 2.75) is 50.6 Å². The van der Waals surface area contributed by atoms with Gasteiger partial charge in [0.1, 0.15) is 0 Å². The molecule has 7 nitrogen and oxygen atoms in total. The van der Waals surface area contributed by atoms with Gasteiger partial charge in [0, 0.05) is 13.0 Å². The fraction of sp³-hybridized carbons (Fsp3) is 0.444. The summed E-state index contributed by atoms with van der Waals surface area (Å²) in [7, 11) is 0.